The van der Waals surface area contributed by atoms with E-state index in [0.717, 1.165) is 12.3 Å². The highest BCUT2D eigenvalue weighted by Crippen LogP contribution is 2.16. The summed E-state index contributed by atoms with van der Waals surface area (Å²) in [7, 11) is 0. The summed E-state index contributed by atoms with van der Waals surface area (Å²) in [4.78, 5) is 0. The molecule has 2 atom stereocenters. The fraction of sp³-hybridized carbons (Fsp3) is 1.00. The highest BCUT2D eigenvalue weighted by molar-refractivity contribution is 4.54. The summed E-state index contributed by atoms with van der Waals surface area (Å²) in [6.45, 7) is 5.44. The number of hydrogen-bond acceptors (Lipinski definition) is 3. The van der Waals surface area contributed by atoms with E-state index in [9.17, 15) is 0 Å². The van der Waals surface area contributed by atoms with Crippen molar-refractivity contribution in [2.24, 2.45) is 5.92 Å². The van der Waals surface area contributed by atoms with Crippen LogP contribution in [0.1, 0.15) is 110 Å². The topological polar surface area (TPSA) is 49.7 Å². The average Bonchev–Trinajstić information content (AvgIpc) is 2.61. The fourth-order valence-corrected chi connectivity index (χ4v) is 3.37. The van der Waals surface area contributed by atoms with Gasteiger partial charge in [0.05, 0.1) is 13.2 Å². The third-order valence-corrected chi connectivity index (χ3v) is 5.04. The van der Waals surface area contributed by atoms with Crippen LogP contribution in [-0.4, -0.2) is 36.1 Å². The number of aliphatic hydroxyl groups is 2. The zero-order valence-corrected chi connectivity index (χ0v) is 17.2. The average molecular weight is 359 g/mol. The number of aliphatic hydroxyl groups excluding tert-OH is 2. The van der Waals surface area contributed by atoms with Crippen LogP contribution in [0.4, 0.5) is 0 Å². The molecule has 0 aromatic heterocycles. The van der Waals surface area contributed by atoms with E-state index in [0.29, 0.717) is 6.61 Å². The van der Waals surface area contributed by atoms with E-state index in [-0.39, 0.29) is 13.2 Å². The predicted molar refractivity (Wildman–Crippen MR) is 108 cm³/mol. The molecule has 0 unspecified atom stereocenters. The van der Waals surface area contributed by atoms with E-state index in [1.54, 1.807) is 0 Å². The highest BCUT2D eigenvalue weighted by atomic mass is 16.5. The summed E-state index contributed by atoms with van der Waals surface area (Å²) in [5.41, 5.74) is 0. The monoisotopic (exact) mass is 358 g/mol. The lowest BCUT2D eigenvalue weighted by Crippen LogP contribution is -2.19. The van der Waals surface area contributed by atoms with Crippen LogP contribution in [0.2, 0.25) is 0 Å². The van der Waals surface area contributed by atoms with Gasteiger partial charge in [-0.3, -0.25) is 0 Å². The lowest BCUT2D eigenvalue weighted by Gasteiger charge is -2.09. The van der Waals surface area contributed by atoms with Gasteiger partial charge in [0.1, 0.15) is 6.10 Å². The Morgan fingerprint density at radius 3 is 1.68 bits per heavy atom. The largest absolute Gasteiger partial charge is 0.394 e. The fourth-order valence-electron chi connectivity index (χ4n) is 3.37. The summed E-state index contributed by atoms with van der Waals surface area (Å²) in [5, 5.41) is 17.8. The van der Waals surface area contributed by atoms with E-state index in [2.05, 4.69) is 13.8 Å². The highest BCUT2D eigenvalue weighted by Gasteiger charge is 2.01. The lowest BCUT2D eigenvalue weighted by atomic mass is 9.98. The molecular formula is C22H46O3. The number of hydrogen-bond donors (Lipinski definition) is 2. The van der Waals surface area contributed by atoms with Gasteiger partial charge < -0.3 is 14.9 Å². The molecule has 0 aliphatic heterocycles. The molecule has 0 saturated carbocycles. The predicted octanol–water partition coefficient (Wildman–Crippen LogP) is 5.86. The molecule has 0 fully saturated rings. The van der Waals surface area contributed by atoms with Crippen LogP contribution < -0.4 is 0 Å². The first kappa shape index (κ1) is 24.9. The zero-order valence-electron chi connectivity index (χ0n) is 17.2. The van der Waals surface area contributed by atoms with Gasteiger partial charge in [-0.15, -0.1) is 0 Å². The van der Waals surface area contributed by atoms with Gasteiger partial charge in [-0.25, -0.2) is 0 Å². The van der Waals surface area contributed by atoms with E-state index in [4.69, 9.17) is 14.9 Å². The van der Waals surface area contributed by atoms with Crippen LogP contribution in [0.5, 0.6) is 0 Å². The zero-order chi connectivity index (χ0) is 18.6. The molecule has 0 aromatic carbocycles. The third-order valence-electron chi connectivity index (χ3n) is 5.04. The minimum Gasteiger partial charge on any atom is -0.394 e. The smallest absolute Gasteiger partial charge is 0.100 e. The van der Waals surface area contributed by atoms with Crippen molar-refractivity contribution in [3.05, 3.63) is 0 Å². The Hall–Kier alpha value is -0.120. The Morgan fingerprint density at radius 2 is 1.20 bits per heavy atom. The first-order valence-electron chi connectivity index (χ1n) is 11.1. The molecule has 0 aliphatic carbocycles. The number of unbranched alkanes of at least 4 members (excludes halogenated alkanes) is 11. The summed E-state index contributed by atoms with van der Waals surface area (Å²) < 4.78 is 5.30. The van der Waals surface area contributed by atoms with Crippen molar-refractivity contribution in [3.8, 4) is 0 Å². The van der Waals surface area contributed by atoms with E-state index >= 15 is 0 Å². The molecule has 0 amide bonds. The van der Waals surface area contributed by atoms with Gasteiger partial charge in [0, 0.05) is 6.61 Å². The van der Waals surface area contributed by atoms with Gasteiger partial charge in [0.15, 0.2) is 0 Å². The minimum atomic E-state index is -0.718. The van der Waals surface area contributed by atoms with Gasteiger partial charge in [-0.2, -0.15) is 0 Å². The summed E-state index contributed by atoms with van der Waals surface area (Å²) in [6, 6.07) is 0. The molecule has 3 heteroatoms. The quantitative estimate of drug-likeness (QED) is 0.268. The molecule has 152 valence electrons. The van der Waals surface area contributed by atoms with Crippen molar-refractivity contribution in [2.45, 2.75) is 116 Å². The molecule has 0 heterocycles. The molecule has 3 nitrogen and oxygen atoms in total. The van der Waals surface area contributed by atoms with Crippen molar-refractivity contribution in [2.75, 3.05) is 19.8 Å². The maximum atomic E-state index is 9.13. The Morgan fingerprint density at radius 1 is 0.720 bits per heavy atom. The maximum Gasteiger partial charge on any atom is 0.100 e. The molecule has 0 saturated heterocycles. The van der Waals surface area contributed by atoms with E-state index < -0.39 is 6.10 Å². The lowest BCUT2D eigenvalue weighted by molar-refractivity contribution is 0.00526. The van der Waals surface area contributed by atoms with Crippen molar-refractivity contribution in [1.82, 2.24) is 0 Å². The Labute approximate surface area is 157 Å². The summed E-state index contributed by atoms with van der Waals surface area (Å²) in [6.07, 6.45) is 19.7. The van der Waals surface area contributed by atoms with E-state index in [1.807, 2.05) is 0 Å². The van der Waals surface area contributed by atoms with Crippen molar-refractivity contribution < 1.29 is 14.9 Å². The standard InChI is InChI=1S/C22H46O3/c1-3-16-21(2)17-14-12-10-8-6-4-5-7-9-11-13-15-18-25-20-22(24)19-23/h21-24H,3-20H2,1-2H3/t21-,22-/m0/s1. The Bertz CT molecular complexity index is 245. The first-order valence-corrected chi connectivity index (χ1v) is 11.1. The second-order valence-electron chi connectivity index (χ2n) is 7.84. The van der Waals surface area contributed by atoms with Crippen molar-refractivity contribution in [1.29, 1.82) is 0 Å². The SMILES string of the molecule is CCC[C@H](C)CCCCCCCCCCCCCCOC[C@@H](O)CO. The molecule has 0 bridgehead atoms. The molecule has 0 spiro atoms. The third kappa shape index (κ3) is 20.0. The number of rotatable bonds is 20. The Balaban J connectivity index is 3.05. The number of ether oxygens (including phenoxy) is 1. The van der Waals surface area contributed by atoms with Crippen LogP contribution in [0.25, 0.3) is 0 Å². The molecule has 0 aromatic rings. The summed E-state index contributed by atoms with van der Waals surface area (Å²) >= 11 is 0. The van der Waals surface area contributed by atoms with Gasteiger partial charge >= 0.3 is 0 Å². The van der Waals surface area contributed by atoms with Crippen LogP contribution in [0.3, 0.4) is 0 Å². The van der Waals surface area contributed by atoms with Gasteiger partial charge in [0.25, 0.3) is 0 Å². The minimum absolute atomic E-state index is 0.210. The molecule has 25 heavy (non-hydrogen) atoms. The van der Waals surface area contributed by atoms with Crippen LogP contribution in [0, 0.1) is 5.92 Å². The van der Waals surface area contributed by atoms with Crippen LogP contribution >= 0.6 is 0 Å². The molecular weight excluding hydrogens is 312 g/mol. The molecule has 2 N–H and O–H groups in total. The van der Waals surface area contributed by atoms with Crippen LogP contribution in [0.15, 0.2) is 0 Å². The molecule has 0 aliphatic rings. The second-order valence-corrected chi connectivity index (χ2v) is 7.84. The second kappa shape index (κ2) is 20.2. The van der Waals surface area contributed by atoms with Gasteiger partial charge in [0.2, 0.25) is 0 Å². The normalized spacial score (nSPS) is 13.9. The van der Waals surface area contributed by atoms with Crippen molar-refractivity contribution in [3.63, 3.8) is 0 Å². The maximum absolute atomic E-state index is 9.13. The van der Waals surface area contributed by atoms with E-state index in [1.165, 1.54) is 89.9 Å². The van der Waals surface area contributed by atoms with Crippen LogP contribution in [-0.2, 0) is 4.74 Å². The first-order chi connectivity index (χ1) is 12.2. The van der Waals surface area contributed by atoms with Gasteiger partial charge in [-0.05, 0) is 12.3 Å². The molecule has 0 rings (SSSR count). The Kier molecular flexibility index (Phi) is 20.1. The van der Waals surface area contributed by atoms with Crippen molar-refractivity contribution >= 4 is 0 Å². The summed E-state index contributed by atoms with van der Waals surface area (Å²) in [5.74, 6) is 0.934. The molecule has 0 radical (unpaired) electrons. The van der Waals surface area contributed by atoms with Gasteiger partial charge in [-0.1, -0.05) is 104 Å².